The van der Waals surface area contributed by atoms with Crippen LogP contribution in [0.5, 0.6) is 0 Å². The van der Waals surface area contributed by atoms with Crippen LogP contribution < -0.4 is 5.32 Å². The topological polar surface area (TPSA) is 62.5 Å². The molecular weight excluding hydrogens is 242 g/mol. The molecule has 4 nitrogen and oxygen atoms in total. The van der Waals surface area contributed by atoms with E-state index in [-0.39, 0.29) is 5.91 Å². The van der Waals surface area contributed by atoms with Crippen LogP contribution in [0.3, 0.4) is 0 Å². The van der Waals surface area contributed by atoms with Crippen LogP contribution >= 0.6 is 0 Å². The van der Waals surface area contributed by atoms with Crippen LogP contribution in [0.4, 0.5) is 0 Å². The molecule has 0 saturated heterocycles. The van der Waals surface area contributed by atoms with Crippen molar-refractivity contribution in [3.05, 3.63) is 23.2 Å². The fourth-order valence-corrected chi connectivity index (χ4v) is 2.67. The van der Waals surface area contributed by atoms with Crippen LogP contribution in [-0.2, 0) is 0 Å². The maximum Gasteiger partial charge on any atom is 0.254 e. The molecule has 106 valence electrons. The molecule has 0 aliphatic heterocycles. The molecule has 0 bridgehead atoms. The highest BCUT2D eigenvalue weighted by atomic mass is 16.3. The smallest absolute Gasteiger partial charge is 0.254 e. The number of hydrogen-bond donors (Lipinski definition) is 2. The molecule has 0 radical (unpaired) electrons. The van der Waals surface area contributed by atoms with E-state index in [1.165, 1.54) is 0 Å². The van der Waals surface area contributed by atoms with Crippen molar-refractivity contribution in [1.29, 1.82) is 0 Å². The normalized spacial score (nSPS) is 27.3. The van der Waals surface area contributed by atoms with E-state index in [4.69, 9.17) is 4.42 Å². The molecule has 0 spiro atoms. The highest BCUT2D eigenvalue weighted by Gasteiger charge is 2.32. The zero-order chi connectivity index (χ0) is 14.0. The van der Waals surface area contributed by atoms with Crippen molar-refractivity contribution >= 4 is 5.91 Å². The molecule has 0 unspecified atom stereocenters. The summed E-state index contributed by atoms with van der Waals surface area (Å²) in [6, 6.07) is 1.73. The second-order valence-corrected chi connectivity index (χ2v) is 5.92. The van der Waals surface area contributed by atoms with Gasteiger partial charge in [0.2, 0.25) is 0 Å². The highest BCUT2D eigenvalue weighted by molar-refractivity contribution is 5.95. The quantitative estimate of drug-likeness (QED) is 0.883. The molecule has 1 amide bonds. The summed E-state index contributed by atoms with van der Waals surface area (Å²) in [5, 5.41) is 13.3. The number of rotatable bonds is 3. The maximum absolute atomic E-state index is 12.0. The van der Waals surface area contributed by atoms with Gasteiger partial charge in [0.15, 0.2) is 0 Å². The molecule has 1 fully saturated rings. The fourth-order valence-electron chi connectivity index (χ4n) is 2.67. The van der Waals surface area contributed by atoms with E-state index in [0.29, 0.717) is 23.8 Å². The minimum atomic E-state index is -0.741. The van der Waals surface area contributed by atoms with Gasteiger partial charge in [-0.3, -0.25) is 4.79 Å². The Kier molecular flexibility index (Phi) is 3.99. The minimum Gasteiger partial charge on any atom is -0.466 e. The standard InChI is InChI=1S/C15H23NO3/c1-10-4-6-15(18,7-5-10)9-16-14(17)13-8-11(2)19-12(13)3/h8,10,18H,4-7,9H2,1-3H3,(H,16,17). The summed E-state index contributed by atoms with van der Waals surface area (Å²) in [5.74, 6) is 1.86. The van der Waals surface area contributed by atoms with Crippen LogP contribution in [0.25, 0.3) is 0 Å². The summed E-state index contributed by atoms with van der Waals surface area (Å²) >= 11 is 0. The summed E-state index contributed by atoms with van der Waals surface area (Å²) < 4.78 is 5.34. The third-order valence-corrected chi connectivity index (χ3v) is 4.07. The summed E-state index contributed by atoms with van der Waals surface area (Å²) in [4.78, 5) is 12.0. The van der Waals surface area contributed by atoms with Gasteiger partial charge in [0.1, 0.15) is 11.5 Å². The van der Waals surface area contributed by atoms with Crippen molar-refractivity contribution in [3.8, 4) is 0 Å². The van der Waals surface area contributed by atoms with Gasteiger partial charge in [-0.15, -0.1) is 0 Å². The lowest BCUT2D eigenvalue weighted by atomic mass is 9.79. The molecule has 19 heavy (non-hydrogen) atoms. The Morgan fingerprint density at radius 3 is 2.63 bits per heavy atom. The number of furan rings is 1. The molecule has 1 aliphatic carbocycles. The van der Waals surface area contributed by atoms with Gasteiger partial charge in [-0.2, -0.15) is 0 Å². The Hall–Kier alpha value is -1.29. The predicted molar refractivity (Wildman–Crippen MR) is 73.1 cm³/mol. The van der Waals surface area contributed by atoms with Crippen LogP contribution in [0.15, 0.2) is 10.5 Å². The average molecular weight is 265 g/mol. The molecule has 0 aromatic carbocycles. The largest absolute Gasteiger partial charge is 0.466 e. The third-order valence-electron chi connectivity index (χ3n) is 4.07. The van der Waals surface area contributed by atoms with Gasteiger partial charge in [0, 0.05) is 6.54 Å². The monoisotopic (exact) mass is 265 g/mol. The van der Waals surface area contributed by atoms with Gasteiger partial charge in [-0.05, 0) is 51.5 Å². The number of aryl methyl sites for hydroxylation is 2. The first-order valence-electron chi connectivity index (χ1n) is 6.97. The number of carbonyl (C=O) groups is 1. The Bertz CT molecular complexity index is 456. The van der Waals surface area contributed by atoms with Gasteiger partial charge >= 0.3 is 0 Å². The Morgan fingerprint density at radius 1 is 1.47 bits per heavy atom. The Morgan fingerprint density at radius 2 is 2.11 bits per heavy atom. The van der Waals surface area contributed by atoms with Crippen LogP contribution in [0, 0.1) is 19.8 Å². The first-order valence-corrected chi connectivity index (χ1v) is 6.97. The van der Waals surface area contributed by atoms with Gasteiger partial charge in [-0.1, -0.05) is 6.92 Å². The van der Waals surface area contributed by atoms with E-state index in [1.807, 2.05) is 6.92 Å². The average Bonchev–Trinajstić information content (AvgIpc) is 2.70. The third kappa shape index (κ3) is 3.38. The number of nitrogens with one attached hydrogen (secondary N) is 1. The van der Waals surface area contributed by atoms with Crippen molar-refractivity contribution < 1.29 is 14.3 Å². The molecule has 1 aromatic heterocycles. The summed E-state index contributed by atoms with van der Waals surface area (Å²) in [6.07, 6.45) is 3.57. The van der Waals surface area contributed by atoms with E-state index < -0.39 is 5.60 Å². The van der Waals surface area contributed by atoms with E-state index >= 15 is 0 Å². The molecule has 1 saturated carbocycles. The van der Waals surface area contributed by atoms with E-state index in [9.17, 15) is 9.90 Å². The van der Waals surface area contributed by atoms with Crippen molar-refractivity contribution in [2.45, 2.75) is 52.1 Å². The first-order chi connectivity index (χ1) is 8.89. The van der Waals surface area contributed by atoms with Crippen LogP contribution in [0.2, 0.25) is 0 Å². The summed E-state index contributed by atoms with van der Waals surface area (Å²) in [7, 11) is 0. The molecular formula is C15H23NO3. The fraction of sp³-hybridized carbons (Fsp3) is 0.667. The Balaban J connectivity index is 1.92. The maximum atomic E-state index is 12.0. The van der Waals surface area contributed by atoms with Crippen LogP contribution in [-0.4, -0.2) is 23.2 Å². The van der Waals surface area contributed by atoms with Crippen molar-refractivity contribution in [1.82, 2.24) is 5.32 Å². The van der Waals surface area contributed by atoms with Gasteiger partial charge in [0.05, 0.1) is 11.2 Å². The second kappa shape index (κ2) is 5.37. The first kappa shape index (κ1) is 14.1. The summed E-state index contributed by atoms with van der Waals surface area (Å²) in [5.41, 5.74) is -0.181. The van der Waals surface area contributed by atoms with E-state index in [0.717, 1.165) is 31.4 Å². The zero-order valence-corrected chi connectivity index (χ0v) is 12.0. The molecule has 2 N–H and O–H groups in total. The van der Waals surface area contributed by atoms with Crippen molar-refractivity contribution in [2.75, 3.05) is 6.54 Å². The van der Waals surface area contributed by atoms with Crippen molar-refractivity contribution in [3.63, 3.8) is 0 Å². The second-order valence-electron chi connectivity index (χ2n) is 5.92. The highest BCUT2D eigenvalue weighted by Crippen LogP contribution is 2.31. The number of aliphatic hydroxyl groups is 1. The lowest BCUT2D eigenvalue weighted by molar-refractivity contribution is -0.00541. The van der Waals surface area contributed by atoms with E-state index in [1.54, 1.807) is 13.0 Å². The summed E-state index contributed by atoms with van der Waals surface area (Å²) in [6.45, 7) is 6.12. The number of hydrogen-bond acceptors (Lipinski definition) is 3. The molecule has 0 atom stereocenters. The number of amides is 1. The van der Waals surface area contributed by atoms with Crippen molar-refractivity contribution in [2.24, 2.45) is 5.92 Å². The molecule has 4 heteroatoms. The van der Waals surface area contributed by atoms with Crippen LogP contribution in [0.1, 0.15) is 54.5 Å². The van der Waals surface area contributed by atoms with Gasteiger partial charge in [0.25, 0.3) is 5.91 Å². The van der Waals surface area contributed by atoms with Gasteiger partial charge < -0.3 is 14.8 Å². The minimum absolute atomic E-state index is 0.165. The molecule has 1 aliphatic rings. The molecule has 1 aromatic rings. The Labute approximate surface area is 114 Å². The lowest BCUT2D eigenvalue weighted by Crippen LogP contribution is -2.45. The SMILES string of the molecule is Cc1cc(C(=O)NCC2(O)CCC(C)CC2)c(C)o1. The zero-order valence-electron chi connectivity index (χ0n) is 12.0. The van der Waals surface area contributed by atoms with E-state index in [2.05, 4.69) is 12.2 Å². The number of carbonyl (C=O) groups excluding carboxylic acids is 1. The van der Waals surface area contributed by atoms with Gasteiger partial charge in [-0.25, -0.2) is 0 Å². The lowest BCUT2D eigenvalue weighted by Gasteiger charge is -2.34. The molecule has 2 rings (SSSR count). The molecule has 1 heterocycles. The predicted octanol–water partition coefficient (Wildman–Crippen LogP) is 2.57.